The average molecular weight is 283 g/mol. The number of rotatable bonds is 1. The molecule has 0 amide bonds. The molecule has 0 unspecified atom stereocenters. The monoisotopic (exact) mass is 281 g/mol. The summed E-state index contributed by atoms with van der Waals surface area (Å²) < 4.78 is 0.551. The number of carboxylic acid groups (broad SMARTS) is 1. The molecule has 0 radical (unpaired) electrons. The van der Waals surface area contributed by atoms with Crippen LogP contribution in [0, 0.1) is 0 Å². The maximum Gasteiger partial charge on any atom is 0.338 e. The van der Waals surface area contributed by atoms with Gasteiger partial charge in [0.15, 0.2) is 0 Å². The van der Waals surface area contributed by atoms with Gasteiger partial charge in [-0.05, 0) is 22.0 Å². The fourth-order valence-corrected chi connectivity index (χ4v) is 0.925. The Morgan fingerprint density at radius 1 is 1.64 bits per heavy atom. The molecule has 60 valence electrons. The molecule has 0 bridgehead atoms. The van der Waals surface area contributed by atoms with E-state index in [0.717, 1.165) is 0 Å². The second kappa shape index (κ2) is 4.46. The van der Waals surface area contributed by atoms with Crippen LogP contribution in [-0.4, -0.2) is 16.1 Å². The lowest BCUT2D eigenvalue weighted by Crippen LogP contribution is -1.97. The number of aromatic nitrogens is 1. The zero-order valence-electron chi connectivity index (χ0n) is 5.32. The summed E-state index contributed by atoms with van der Waals surface area (Å²) in [6, 6.07) is 1.59. The highest BCUT2D eigenvalue weighted by molar-refractivity contribution is 9.10. The number of carbonyl (C=O) groups is 1. The van der Waals surface area contributed by atoms with Gasteiger partial charge in [-0.3, -0.25) is 4.98 Å². The van der Waals surface area contributed by atoms with Crippen molar-refractivity contribution >= 4 is 38.9 Å². The molecule has 0 spiro atoms. The highest BCUT2D eigenvalue weighted by atomic mass is 79.9. The quantitative estimate of drug-likeness (QED) is 0.858. The van der Waals surface area contributed by atoms with Crippen LogP contribution in [0.4, 0.5) is 0 Å². The number of hydrogen-bond acceptors (Lipinski definition) is 2. The van der Waals surface area contributed by atoms with Crippen LogP contribution in [0.25, 0.3) is 0 Å². The van der Waals surface area contributed by atoms with Crippen LogP contribution in [-0.2, 0) is 0 Å². The van der Waals surface area contributed by atoms with E-state index < -0.39 is 5.97 Å². The molecular formula is C6H5Br2NO2. The Bertz CT molecular complexity index is 265. The van der Waals surface area contributed by atoms with Gasteiger partial charge in [-0.25, -0.2) is 4.79 Å². The first-order valence-corrected chi connectivity index (χ1v) is 3.34. The predicted molar refractivity (Wildman–Crippen MR) is 49.2 cm³/mol. The molecule has 0 aliphatic carbocycles. The zero-order valence-corrected chi connectivity index (χ0v) is 8.62. The standard InChI is InChI=1S/C6H4BrNO2.BrH/c7-5-1-2-8-3-4(5)6(9)10;/h1-3H,(H,9,10);1H. The Kier molecular flexibility index (Phi) is 4.29. The second-order valence-electron chi connectivity index (χ2n) is 1.66. The minimum atomic E-state index is -0.972. The van der Waals surface area contributed by atoms with Gasteiger partial charge in [0.05, 0.1) is 5.56 Å². The molecule has 0 aliphatic rings. The minimum Gasteiger partial charge on any atom is -0.478 e. The van der Waals surface area contributed by atoms with Crippen LogP contribution in [0.5, 0.6) is 0 Å². The molecule has 1 rings (SSSR count). The van der Waals surface area contributed by atoms with Gasteiger partial charge < -0.3 is 5.11 Å². The van der Waals surface area contributed by atoms with E-state index in [1.54, 1.807) is 6.07 Å². The summed E-state index contributed by atoms with van der Waals surface area (Å²) in [5.74, 6) is -0.972. The van der Waals surface area contributed by atoms with Crippen molar-refractivity contribution in [3.63, 3.8) is 0 Å². The van der Waals surface area contributed by atoms with E-state index in [1.807, 2.05) is 0 Å². The van der Waals surface area contributed by atoms with Gasteiger partial charge in [-0.2, -0.15) is 0 Å². The van der Waals surface area contributed by atoms with Crippen molar-refractivity contribution in [3.8, 4) is 0 Å². The van der Waals surface area contributed by atoms with E-state index in [9.17, 15) is 4.79 Å². The van der Waals surface area contributed by atoms with E-state index in [1.165, 1.54) is 12.4 Å². The molecule has 1 heterocycles. The summed E-state index contributed by atoms with van der Waals surface area (Å²) in [7, 11) is 0. The summed E-state index contributed by atoms with van der Waals surface area (Å²) in [6.45, 7) is 0. The third-order valence-electron chi connectivity index (χ3n) is 0.998. The summed E-state index contributed by atoms with van der Waals surface area (Å²) in [6.07, 6.45) is 2.82. The first-order chi connectivity index (χ1) is 4.72. The Morgan fingerprint density at radius 3 is 2.64 bits per heavy atom. The Labute approximate surface area is 82.4 Å². The maximum atomic E-state index is 10.4. The highest BCUT2D eigenvalue weighted by Gasteiger charge is 2.05. The van der Waals surface area contributed by atoms with Crippen LogP contribution in [0.2, 0.25) is 0 Å². The van der Waals surface area contributed by atoms with E-state index >= 15 is 0 Å². The lowest BCUT2D eigenvalue weighted by molar-refractivity contribution is 0.0695. The third-order valence-corrected chi connectivity index (χ3v) is 1.69. The number of nitrogens with zero attached hydrogens (tertiary/aromatic N) is 1. The van der Waals surface area contributed by atoms with Crippen molar-refractivity contribution in [2.75, 3.05) is 0 Å². The van der Waals surface area contributed by atoms with Gasteiger partial charge in [0, 0.05) is 16.9 Å². The predicted octanol–water partition coefficient (Wildman–Crippen LogP) is 2.12. The normalized spacial score (nSPS) is 8.45. The molecule has 0 aromatic carbocycles. The average Bonchev–Trinajstić information content (AvgIpc) is 1.88. The Hall–Kier alpha value is -0.420. The topological polar surface area (TPSA) is 50.2 Å². The number of aromatic carboxylic acids is 1. The number of halogens is 2. The molecule has 1 N–H and O–H groups in total. The molecule has 0 fully saturated rings. The summed E-state index contributed by atoms with van der Waals surface area (Å²) >= 11 is 3.08. The minimum absolute atomic E-state index is 0. The van der Waals surface area contributed by atoms with Crippen LogP contribution < -0.4 is 0 Å². The maximum absolute atomic E-state index is 10.4. The summed E-state index contributed by atoms with van der Waals surface area (Å²) in [5, 5.41) is 8.50. The molecule has 3 nitrogen and oxygen atoms in total. The fraction of sp³-hybridized carbons (Fsp3) is 0. The van der Waals surface area contributed by atoms with E-state index in [0.29, 0.717) is 4.47 Å². The first kappa shape index (κ1) is 10.6. The zero-order chi connectivity index (χ0) is 7.56. The summed E-state index contributed by atoms with van der Waals surface area (Å²) in [5.41, 5.74) is 0.183. The number of carboxylic acids is 1. The largest absolute Gasteiger partial charge is 0.478 e. The third kappa shape index (κ3) is 2.59. The second-order valence-corrected chi connectivity index (χ2v) is 2.52. The fourth-order valence-electron chi connectivity index (χ4n) is 0.535. The first-order valence-electron chi connectivity index (χ1n) is 2.54. The van der Waals surface area contributed by atoms with E-state index in [2.05, 4.69) is 20.9 Å². The smallest absolute Gasteiger partial charge is 0.338 e. The molecule has 1 aromatic heterocycles. The van der Waals surface area contributed by atoms with Crippen LogP contribution in [0.3, 0.4) is 0 Å². The van der Waals surface area contributed by atoms with Gasteiger partial charge in [-0.1, -0.05) is 0 Å². The van der Waals surface area contributed by atoms with E-state index in [4.69, 9.17) is 5.11 Å². The van der Waals surface area contributed by atoms with Gasteiger partial charge in [0.2, 0.25) is 0 Å². The van der Waals surface area contributed by atoms with Crippen molar-refractivity contribution in [1.29, 1.82) is 0 Å². The molecule has 11 heavy (non-hydrogen) atoms. The molecule has 5 heteroatoms. The lowest BCUT2D eigenvalue weighted by atomic mass is 10.3. The van der Waals surface area contributed by atoms with Crippen molar-refractivity contribution < 1.29 is 9.90 Å². The molecule has 0 saturated heterocycles. The van der Waals surface area contributed by atoms with Gasteiger partial charge in [-0.15, -0.1) is 17.0 Å². The van der Waals surface area contributed by atoms with E-state index in [-0.39, 0.29) is 22.5 Å². The Morgan fingerprint density at radius 2 is 2.27 bits per heavy atom. The molecule has 0 aliphatic heterocycles. The molecule has 1 aromatic rings. The van der Waals surface area contributed by atoms with Crippen molar-refractivity contribution in [2.24, 2.45) is 0 Å². The van der Waals surface area contributed by atoms with Crippen LogP contribution in [0.1, 0.15) is 10.4 Å². The van der Waals surface area contributed by atoms with Gasteiger partial charge in [0.1, 0.15) is 0 Å². The van der Waals surface area contributed by atoms with Crippen molar-refractivity contribution in [2.45, 2.75) is 0 Å². The van der Waals surface area contributed by atoms with Crippen LogP contribution in [0.15, 0.2) is 22.9 Å². The van der Waals surface area contributed by atoms with Crippen molar-refractivity contribution in [1.82, 2.24) is 4.98 Å². The van der Waals surface area contributed by atoms with Gasteiger partial charge in [0.25, 0.3) is 0 Å². The molecular weight excluding hydrogens is 278 g/mol. The lowest BCUT2D eigenvalue weighted by Gasteiger charge is -1.93. The number of pyridine rings is 1. The van der Waals surface area contributed by atoms with Crippen molar-refractivity contribution in [3.05, 3.63) is 28.5 Å². The molecule has 0 saturated carbocycles. The Balaban J connectivity index is 0.000001000. The van der Waals surface area contributed by atoms with Gasteiger partial charge >= 0.3 is 5.97 Å². The van der Waals surface area contributed by atoms with Crippen LogP contribution >= 0.6 is 32.9 Å². The number of hydrogen-bond donors (Lipinski definition) is 1. The highest BCUT2D eigenvalue weighted by Crippen LogP contribution is 2.13. The molecule has 0 atom stereocenters. The SMILES string of the molecule is Br.O=C(O)c1cnccc1Br. The summed E-state index contributed by atoms with van der Waals surface area (Å²) in [4.78, 5) is 14.0.